The van der Waals surface area contributed by atoms with Crippen LogP contribution in [0.2, 0.25) is 0 Å². The molecule has 0 atom stereocenters. The number of aryl methyl sites for hydroxylation is 1. The van der Waals surface area contributed by atoms with Crippen LogP contribution < -0.4 is 4.72 Å². The van der Waals surface area contributed by atoms with E-state index in [9.17, 15) is 13.2 Å². The minimum absolute atomic E-state index is 0.100. The van der Waals surface area contributed by atoms with Crippen molar-refractivity contribution in [2.75, 3.05) is 0 Å². The van der Waals surface area contributed by atoms with Crippen molar-refractivity contribution in [1.29, 1.82) is 0 Å². The van der Waals surface area contributed by atoms with Crippen molar-refractivity contribution in [2.24, 2.45) is 0 Å². The molecule has 1 N–H and O–H groups in total. The second-order valence-corrected chi connectivity index (χ2v) is 7.38. The van der Waals surface area contributed by atoms with Gasteiger partial charge in [0.2, 0.25) is 5.91 Å². The fraction of sp³-hybridized carbons (Fsp3) is 0.235. The summed E-state index contributed by atoms with van der Waals surface area (Å²) in [6.07, 6.45) is 1.35. The van der Waals surface area contributed by atoms with E-state index in [0.29, 0.717) is 12.8 Å². The number of carbonyl (C=O) groups is 1. The zero-order valence-corrected chi connectivity index (χ0v) is 13.1. The third kappa shape index (κ3) is 2.64. The number of sulfonamides is 1. The summed E-state index contributed by atoms with van der Waals surface area (Å²) < 4.78 is 26.8. The summed E-state index contributed by atoms with van der Waals surface area (Å²) in [4.78, 5) is 12.6. The summed E-state index contributed by atoms with van der Waals surface area (Å²) in [6, 6.07) is 15.6. The molecule has 1 amide bonds. The van der Waals surface area contributed by atoms with E-state index in [0.717, 1.165) is 11.1 Å². The normalized spacial score (nSPS) is 16.0. The molecule has 1 aliphatic rings. The van der Waals surface area contributed by atoms with E-state index in [1.165, 1.54) is 12.1 Å². The van der Waals surface area contributed by atoms with Gasteiger partial charge in [-0.05, 0) is 37.5 Å². The lowest BCUT2D eigenvalue weighted by atomic mass is 9.95. The monoisotopic (exact) mass is 315 g/mol. The van der Waals surface area contributed by atoms with Crippen LogP contribution in [0.4, 0.5) is 0 Å². The Hall–Kier alpha value is -2.14. The van der Waals surface area contributed by atoms with Gasteiger partial charge in [-0.2, -0.15) is 0 Å². The van der Waals surface area contributed by atoms with Gasteiger partial charge in [-0.15, -0.1) is 0 Å². The molecule has 0 bridgehead atoms. The highest BCUT2D eigenvalue weighted by Gasteiger charge is 2.52. The van der Waals surface area contributed by atoms with Gasteiger partial charge in [0.25, 0.3) is 10.0 Å². The quantitative estimate of drug-likeness (QED) is 0.943. The number of amides is 1. The summed E-state index contributed by atoms with van der Waals surface area (Å²) >= 11 is 0. The Kier molecular flexibility index (Phi) is 3.53. The highest BCUT2D eigenvalue weighted by Crippen LogP contribution is 2.48. The van der Waals surface area contributed by atoms with Crippen LogP contribution in [0, 0.1) is 6.92 Å². The van der Waals surface area contributed by atoms with E-state index in [4.69, 9.17) is 0 Å². The van der Waals surface area contributed by atoms with Crippen molar-refractivity contribution < 1.29 is 13.2 Å². The molecule has 0 unspecified atom stereocenters. The summed E-state index contributed by atoms with van der Waals surface area (Å²) in [5, 5.41) is 0. The first-order valence-electron chi connectivity index (χ1n) is 7.13. The minimum atomic E-state index is -3.82. The zero-order chi connectivity index (χ0) is 15.8. The molecule has 0 spiro atoms. The summed E-state index contributed by atoms with van der Waals surface area (Å²) in [7, 11) is -3.82. The second-order valence-electron chi connectivity index (χ2n) is 5.70. The molecule has 114 valence electrons. The van der Waals surface area contributed by atoms with Crippen molar-refractivity contribution in [1.82, 2.24) is 4.72 Å². The Morgan fingerprint density at radius 2 is 1.59 bits per heavy atom. The van der Waals surface area contributed by atoms with Crippen molar-refractivity contribution in [3.05, 3.63) is 65.7 Å². The van der Waals surface area contributed by atoms with E-state index in [-0.39, 0.29) is 4.90 Å². The molecule has 3 rings (SSSR count). The molecule has 0 aliphatic heterocycles. The van der Waals surface area contributed by atoms with Crippen molar-refractivity contribution in [2.45, 2.75) is 30.1 Å². The standard InChI is InChI=1S/C17H17NO3S/c1-13-7-9-14(10-8-13)17(11-12-17)16(19)18-22(20,21)15-5-3-2-4-6-15/h2-10H,11-12H2,1H3,(H,18,19). The van der Waals surface area contributed by atoms with Gasteiger partial charge in [0.05, 0.1) is 10.3 Å². The van der Waals surface area contributed by atoms with Crippen LogP contribution >= 0.6 is 0 Å². The van der Waals surface area contributed by atoms with Gasteiger partial charge < -0.3 is 0 Å². The second kappa shape index (κ2) is 5.25. The Labute approximate surface area is 130 Å². The third-order valence-corrected chi connectivity index (χ3v) is 5.42. The molecule has 5 heteroatoms. The number of benzene rings is 2. The van der Waals surface area contributed by atoms with E-state index < -0.39 is 21.3 Å². The molecule has 1 fully saturated rings. The smallest absolute Gasteiger partial charge is 0.264 e. The molecule has 1 aliphatic carbocycles. The maximum Gasteiger partial charge on any atom is 0.264 e. The van der Waals surface area contributed by atoms with Crippen LogP contribution in [0.1, 0.15) is 24.0 Å². The molecular weight excluding hydrogens is 298 g/mol. The Balaban J connectivity index is 1.84. The zero-order valence-electron chi connectivity index (χ0n) is 12.2. The highest BCUT2D eigenvalue weighted by molar-refractivity contribution is 7.90. The van der Waals surface area contributed by atoms with Crippen LogP contribution in [0.5, 0.6) is 0 Å². The molecule has 22 heavy (non-hydrogen) atoms. The number of carbonyl (C=O) groups excluding carboxylic acids is 1. The van der Waals surface area contributed by atoms with Crippen LogP contribution in [0.25, 0.3) is 0 Å². The maximum atomic E-state index is 12.5. The lowest BCUT2D eigenvalue weighted by Crippen LogP contribution is -2.38. The van der Waals surface area contributed by atoms with E-state index in [1.807, 2.05) is 31.2 Å². The Bertz CT molecular complexity index is 792. The molecule has 2 aromatic rings. The first-order valence-corrected chi connectivity index (χ1v) is 8.62. The minimum Gasteiger partial charge on any atom is -0.273 e. The SMILES string of the molecule is Cc1ccc(C2(C(=O)NS(=O)(=O)c3ccccc3)CC2)cc1. The average Bonchev–Trinajstić information content (AvgIpc) is 3.30. The predicted molar refractivity (Wildman–Crippen MR) is 83.9 cm³/mol. The molecule has 0 heterocycles. The van der Waals surface area contributed by atoms with Crippen LogP contribution in [0.15, 0.2) is 59.5 Å². The highest BCUT2D eigenvalue weighted by atomic mass is 32.2. The van der Waals surface area contributed by atoms with Crippen LogP contribution in [0.3, 0.4) is 0 Å². The van der Waals surface area contributed by atoms with Gasteiger partial charge in [-0.3, -0.25) is 4.79 Å². The molecule has 2 aromatic carbocycles. The van der Waals surface area contributed by atoms with Gasteiger partial charge >= 0.3 is 0 Å². The van der Waals surface area contributed by atoms with Crippen LogP contribution in [-0.2, 0) is 20.2 Å². The molecular formula is C17H17NO3S. The number of hydrogen-bond acceptors (Lipinski definition) is 3. The van der Waals surface area contributed by atoms with Gasteiger partial charge in [-0.25, -0.2) is 13.1 Å². The Morgan fingerprint density at radius 3 is 2.14 bits per heavy atom. The van der Waals surface area contributed by atoms with Gasteiger partial charge in [0.15, 0.2) is 0 Å². The number of rotatable bonds is 4. The largest absolute Gasteiger partial charge is 0.273 e. The fourth-order valence-electron chi connectivity index (χ4n) is 2.52. The fourth-order valence-corrected chi connectivity index (χ4v) is 3.60. The first-order chi connectivity index (χ1) is 10.4. The molecule has 0 aromatic heterocycles. The van der Waals surface area contributed by atoms with Gasteiger partial charge in [0.1, 0.15) is 0 Å². The van der Waals surface area contributed by atoms with E-state index in [2.05, 4.69) is 4.72 Å². The lowest BCUT2D eigenvalue weighted by Gasteiger charge is -2.16. The lowest BCUT2D eigenvalue weighted by molar-refractivity contribution is -0.121. The molecule has 0 saturated heterocycles. The maximum absolute atomic E-state index is 12.5. The Morgan fingerprint density at radius 1 is 1.00 bits per heavy atom. The van der Waals surface area contributed by atoms with E-state index >= 15 is 0 Å². The topological polar surface area (TPSA) is 63.2 Å². The molecule has 4 nitrogen and oxygen atoms in total. The molecule has 0 radical (unpaired) electrons. The van der Waals surface area contributed by atoms with Gasteiger partial charge in [-0.1, -0.05) is 48.0 Å². The number of hydrogen-bond donors (Lipinski definition) is 1. The van der Waals surface area contributed by atoms with Gasteiger partial charge in [0, 0.05) is 0 Å². The van der Waals surface area contributed by atoms with Crippen molar-refractivity contribution in [3.8, 4) is 0 Å². The summed E-state index contributed by atoms with van der Waals surface area (Å²) in [5.41, 5.74) is 1.28. The third-order valence-electron chi connectivity index (χ3n) is 4.07. The summed E-state index contributed by atoms with van der Waals surface area (Å²) in [6.45, 7) is 1.98. The van der Waals surface area contributed by atoms with E-state index in [1.54, 1.807) is 18.2 Å². The first kappa shape index (κ1) is 14.8. The van der Waals surface area contributed by atoms with Crippen molar-refractivity contribution >= 4 is 15.9 Å². The predicted octanol–water partition coefficient (Wildman–Crippen LogP) is 2.53. The van der Waals surface area contributed by atoms with Crippen LogP contribution in [-0.4, -0.2) is 14.3 Å². The summed E-state index contributed by atoms with van der Waals surface area (Å²) in [5.74, 6) is -0.444. The molecule has 1 saturated carbocycles. The number of nitrogens with one attached hydrogen (secondary N) is 1. The average molecular weight is 315 g/mol. The van der Waals surface area contributed by atoms with Crippen molar-refractivity contribution in [3.63, 3.8) is 0 Å².